The van der Waals surface area contributed by atoms with Crippen LogP contribution in [0.1, 0.15) is 17.3 Å². The maximum absolute atomic E-state index is 13.9. The summed E-state index contributed by atoms with van der Waals surface area (Å²) in [5.41, 5.74) is -0.909. The maximum atomic E-state index is 13.9. The van der Waals surface area contributed by atoms with Gasteiger partial charge in [0.1, 0.15) is 17.4 Å². The van der Waals surface area contributed by atoms with Crippen LogP contribution < -0.4 is 10.1 Å². The lowest BCUT2D eigenvalue weighted by Crippen LogP contribution is -2.30. The van der Waals surface area contributed by atoms with Gasteiger partial charge in [0, 0.05) is 11.1 Å². The molecule has 0 radical (unpaired) electrons. The highest BCUT2D eigenvalue weighted by molar-refractivity contribution is 6.35. The van der Waals surface area contributed by atoms with Gasteiger partial charge in [0.25, 0.3) is 5.91 Å². The van der Waals surface area contributed by atoms with Gasteiger partial charge in [-0.25, -0.2) is 13.6 Å². The third kappa shape index (κ3) is 4.62. The zero-order chi connectivity index (χ0) is 19.4. The molecule has 0 saturated heterocycles. The molecular weight excluding hydrogens is 391 g/mol. The van der Waals surface area contributed by atoms with Gasteiger partial charge in [0.2, 0.25) is 0 Å². The predicted octanol–water partition coefficient (Wildman–Crippen LogP) is 4.46. The van der Waals surface area contributed by atoms with Crippen LogP contribution in [-0.2, 0) is 9.53 Å². The van der Waals surface area contributed by atoms with Crippen molar-refractivity contribution in [2.75, 3.05) is 12.4 Å². The first kappa shape index (κ1) is 19.9. The number of anilines is 1. The van der Waals surface area contributed by atoms with Gasteiger partial charge < -0.3 is 14.8 Å². The maximum Gasteiger partial charge on any atom is 0.340 e. The summed E-state index contributed by atoms with van der Waals surface area (Å²) in [6.07, 6.45) is -1.07. The van der Waals surface area contributed by atoms with Crippen LogP contribution >= 0.6 is 23.2 Å². The van der Waals surface area contributed by atoms with E-state index in [1.54, 1.807) is 0 Å². The topological polar surface area (TPSA) is 64.6 Å². The Morgan fingerprint density at radius 1 is 1.12 bits per heavy atom. The molecule has 0 fully saturated rings. The highest BCUT2D eigenvalue weighted by Crippen LogP contribution is 2.28. The van der Waals surface area contributed by atoms with Gasteiger partial charge in [-0.05, 0) is 31.2 Å². The molecule has 0 saturated carbocycles. The van der Waals surface area contributed by atoms with Crippen LogP contribution in [-0.4, -0.2) is 25.1 Å². The summed E-state index contributed by atoms with van der Waals surface area (Å²) in [7, 11) is 1.05. The zero-order valence-electron chi connectivity index (χ0n) is 13.6. The standard InChI is InChI=1S/C17H13Cl2F2NO4/c1-8(26-15-4-3-9(18)5-11(15)19)16(23)22-14-6-10(17(24)25-2)12(20)7-13(14)21/h3-8H,1-2H3,(H,22,23). The van der Waals surface area contributed by atoms with Crippen LogP contribution in [0.2, 0.25) is 10.0 Å². The average Bonchev–Trinajstić information content (AvgIpc) is 2.58. The average molecular weight is 404 g/mol. The summed E-state index contributed by atoms with van der Waals surface area (Å²) in [5.74, 6) is -3.70. The normalized spacial score (nSPS) is 11.6. The lowest BCUT2D eigenvalue weighted by molar-refractivity contribution is -0.122. The number of nitrogens with one attached hydrogen (secondary N) is 1. The van der Waals surface area contributed by atoms with Gasteiger partial charge in [-0.1, -0.05) is 23.2 Å². The van der Waals surface area contributed by atoms with Gasteiger partial charge in [-0.15, -0.1) is 0 Å². The lowest BCUT2D eigenvalue weighted by Gasteiger charge is -2.16. The monoisotopic (exact) mass is 403 g/mol. The van der Waals surface area contributed by atoms with Gasteiger partial charge in [0.15, 0.2) is 6.10 Å². The molecule has 2 aromatic rings. The number of carbonyl (C=O) groups excluding carboxylic acids is 2. The number of amides is 1. The fourth-order valence-corrected chi connectivity index (χ4v) is 2.41. The zero-order valence-corrected chi connectivity index (χ0v) is 15.1. The molecule has 1 atom stereocenters. The third-order valence-corrected chi connectivity index (χ3v) is 3.82. The van der Waals surface area contributed by atoms with E-state index in [1.807, 2.05) is 0 Å². The smallest absolute Gasteiger partial charge is 0.340 e. The minimum Gasteiger partial charge on any atom is -0.479 e. The van der Waals surface area contributed by atoms with Crippen LogP contribution in [0.4, 0.5) is 14.5 Å². The number of benzene rings is 2. The van der Waals surface area contributed by atoms with Crippen LogP contribution in [0.25, 0.3) is 0 Å². The number of carbonyl (C=O) groups is 2. The first-order valence-corrected chi connectivity index (χ1v) is 7.98. The van der Waals surface area contributed by atoms with E-state index in [0.29, 0.717) is 11.1 Å². The molecule has 0 spiro atoms. The Morgan fingerprint density at radius 2 is 1.81 bits per heavy atom. The Labute approximate surface area is 157 Å². The summed E-state index contributed by atoms with van der Waals surface area (Å²) < 4.78 is 37.3. The molecule has 26 heavy (non-hydrogen) atoms. The molecular formula is C17H13Cl2F2NO4. The highest BCUT2D eigenvalue weighted by Gasteiger charge is 2.21. The van der Waals surface area contributed by atoms with E-state index in [2.05, 4.69) is 10.1 Å². The molecule has 1 unspecified atom stereocenters. The Morgan fingerprint density at radius 3 is 2.42 bits per heavy atom. The molecule has 138 valence electrons. The van der Waals surface area contributed by atoms with E-state index < -0.39 is 40.9 Å². The molecule has 0 aliphatic rings. The molecule has 5 nitrogen and oxygen atoms in total. The molecule has 1 amide bonds. The van der Waals surface area contributed by atoms with E-state index >= 15 is 0 Å². The van der Waals surface area contributed by atoms with Crippen LogP contribution in [0.15, 0.2) is 30.3 Å². The summed E-state index contributed by atoms with van der Waals surface area (Å²) in [6, 6.07) is 5.75. The fraction of sp³-hybridized carbons (Fsp3) is 0.176. The number of methoxy groups -OCH3 is 1. The number of halogens is 4. The van der Waals surface area contributed by atoms with Gasteiger partial charge in [-0.2, -0.15) is 0 Å². The molecule has 0 aliphatic carbocycles. The second-order valence-electron chi connectivity index (χ2n) is 5.13. The predicted molar refractivity (Wildman–Crippen MR) is 92.9 cm³/mol. The minimum atomic E-state index is -1.11. The first-order valence-electron chi connectivity index (χ1n) is 7.23. The number of esters is 1. The van der Waals surface area contributed by atoms with Crippen molar-refractivity contribution in [3.05, 3.63) is 57.6 Å². The third-order valence-electron chi connectivity index (χ3n) is 3.29. The van der Waals surface area contributed by atoms with E-state index in [9.17, 15) is 18.4 Å². The molecule has 0 aromatic heterocycles. The van der Waals surface area contributed by atoms with Crippen molar-refractivity contribution in [3.8, 4) is 5.75 Å². The molecule has 2 rings (SSSR count). The van der Waals surface area contributed by atoms with Crippen molar-refractivity contribution >= 4 is 40.8 Å². The molecule has 1 N–H and O–H groups in total. The number of ether oxygens (including phenoxy) is 2. The molecule has 0 bridgehead atoms. The van der Waals surface area contributed by atoms with Crippen molar-refractivity contribution in [2.45, 2.75) is 13.0 Å². The van der Waals surface area contributed by atoms with Gasteiger partial charge in [-0.3, -0.25) is 4.79 Å². The Kier molecular flexibility index (Phi) is 6.39. The molecule has 0 aliphatic heterocycles. The van der Waals surface area contributed by atoms with Crippen LogP contribution in [0.5, 0.6) is 5.75 Å². The molecule has 2 aromatic carbocycles. The van der Waals surface area contributed by atoms with Crippen molar-refractivity contribution in [1.82, 2.24) is 0 Å². The number of hydrogen-bond donors (Lipinski definition) is 1. The molecule has 9 heteroatoms. The van der Waals surface area contributed by atoms with Gasteiger partial charge in [0.05, 0.1) is 23.4 Å². The van der Waals surface area contributed by atoms with Crippen molar-refractivity contribution < 1.29 is 27.8 Å². The summed E-state index contributed by atoms with van der Waals surface area (Å²) in [5, 5.41) is 2.81. The largest absolute Gasteiger partial charge is 0.479 e. The van der Waals surface area contributed by atoms with Crippen LogP contribution in [0.3, 0.4) is 0 Å². The van der Waals surface area contributed by atoms with E-state index in [0.717, 1.165) is 13.2 Å². The Balaban J connectivity index is 2.17. The quantitative estimate of drug-likeness (QED) is 0.748. The SMILES string of the molecule is COC(=O)c1cc(NC(=O)C(C)Oc2ccc(Cl)cc2Cl)c(F)cc1F. The minimum absolute atomic E-state index is 0.193. The second kappa shape index (κ2) is 8.33. The Hall–Kier alpha value is -2.38. The summed E-state index contributed by atoms with van der Waals surface area (Å²) in [4.78, 5) is 23.7. The van der Waals surface area contributed by atoms with E-state index in [1.165, 1.54) is 25.1 Å². The van der Waals surface area contributed by atoms with Gasteiger partial charge >= 0.3 is 5.97 Å². The summed E-state index contributed by atoms with van der Waals surface area (Å²) in [6.45, 7) is 1.41. The molecule has 0 heterocycles. The second-order valence-corrected chi connectivity index (χ2v) is 5.97. The fourth-order valence-electron chi connectivity index (χ4n) is 1.96. The lowest BCUT2D eigenvalue weighted by atomic mass is 10.1. The highest BCUT2D eigenvalue weighted by atomic mass is 35.5. The van der Waals surface area contributed by atoms with Crippen LogP contribution in [0, 0.1) is 11.6 Å². The van der Waals surface area contributed by atoms with Crippen molar-refractivity contribution in [3.63, 3.8) is 0 Å². The van der Waals surface area contributed by atoms with Crippen molar-refractivity contribution in [1.29, 1.82) is 0 Å². The van der Waals surface area contributed by atoms with E-state index in [4.69, 9.17) is 27.9 Å². The van der Waals surface area contributed by atoms with Crippen molar-refractivity contribution in [2.24, 2.45) is 0 Å². The summed E-state index contributed by atoms with van der Waals surface area (Å²) >= 11 is 11.7. The van der Waals surface area contributed by atoms with E-state index in [-0.39, 0.29) is 10.8 Å². The number of rotatable bonds is 5. The Bertz CT molecular complexity index is 861. The number of hydrogen-bond acceptors (Lipinski definition) is 4. The first-order chi connectivity index (χ1) is 12.2.